The van der Waals surface area contributed by atoms with E-state index in [0.717, 1.165) is 69.2 Å². The molecule has 6 heterocycles. The number of fused-ring (bicyclic) bond motifs is 1. The van der Waals surface area contributed by atoms with Gasteiger partial charge in [0.15, 0.2) is 0 Å². The molecule has 4 aromatic heterocycles. The second kappa shape index (κ2) is 14.2. The van der Waals surface area contributed by atoms with Gasteiger partial charge in [0.1, 0.15) is 30.0 Å². The summed E-state index contributed by atoms with van der Waals surface area (Å²) >= 11 is 3.59. The zero-order valence-electron chi connectivity index (χ0n) is 29.0. The van der Waals surface area contributed by atoms with E-state index in [0.29, 0.717) is 55.9 Å². The number of likely N-dealkylation sites (N-methyl/N-ethyl adjacent to an activating group) is 1. The minimum atomic E-state index is -2.77. The molecule has 2 N–H and O–H groups in total. The fourth-order valence-electron chi connectivity index (χ4n) is 6.77. The third-order valence-corrected chi connectivity index (χ3v) is 11.5. The number of piperidine rings is 1. The van der Waals surface area contributed by atoms with Gasteiger partial charge >= 0.3 is 0 Å². The summed E-state index contributed by atoms with van der Waals surface area (Å²) in [6.07, 6.45) is 10.8. The molecule has 14 nitrogen and oxygen atoms in total. The number of halogens is 1. The number of imidazole rings is 1. The lowest BCUT2D eigenvalue weighted by molar-refractivity contribution is 0.0981. The van der Waals surface area contributed by atoms with Gasteiger partial charge in [-0.25, -0.2) is 9.97 Å². The molecule has 0 spiro atoms. The van der Waals surface area contributed by atoms with Crippen LogP contribution in [0.2, 0.25) is 0 Å². The summed E-state index contributed by atoms with van der Waals surface area (Å²) in [4.78, 5) is 35.4. The molecule has 2 aliphatic heterocycles. The highest BCUT2D eigenvalue weighted by Gasteiger charge is 2.30. The summed E-state index contributed by atoms with van der Waals surface area (Å²) in [5, 5.41) is 7.31. The van der Waals surface area contributed by atoms with Gasteiger partial charge in [-0.1, -0.05) is 0 Å². The normalized spacial score (nSPS) is 16.6. The molecule has 5 aromatic rings. The SMILES string of the molecule is COc1nc(N2CCC(N3CCN(C)CC3)CC2)c(-c2cn(C)cn2)cc1Nc1ncc(Br)c(Nc2ccc3nccnc3c2P(C)(C)=O)n1. The van der Waals surface area contributed by atoms with Crippen LogP contribution in [-0.4, -0.2) is 117 Å². The number of rotatable bonds is 9. The van der Waals surface area contributed by atoms with Crippen molar-refractivity contribution in [3.05, 3.63) is 53.8 Å². The van der Waals surface area contributed by atoms with Crippen molar-refractivity contribution < 1.29 is 9.30 Å². The third kappa shape index (κ3) is 7.18. The summed E-state index contributed by atoms with van der Waals surface area (Å²) in [6.45, 7) is 9.73. The Morgan fingerprint density at radius 1 is 0.920 bits per heavy atom. The zero-order chi connectivity index (χ0) is 35.0. The lowest BCUT2D eigenvalue weighted by Crippen LogP contribution is -2.52. The number of ether oxygens (including phenoxy) is 1. The molecule has 0 aliphatic carbocycles. The highest BCUT2D eigenvalue weighted by Crippen LogP contribution is 2.42. The predicted octanol–water partition coefficient (Wildman–Crippen LogP) is 4.94. The molecular formula is C34H42BrN12O2P. The third-order valence-electron chi connectivity index (χ3n) is 9.36. The summed E-state index contributed by atoms with van der Waals surface area (Å²) in [7, 11) is 3.00. The Balaban J connectivity index is 1.18. The van der Waals surface area contributed by atoms with Gasteiger partial charge in [0.25, 0.3) is 0 Å². The second-order valence-electron chi connectivity index (χ2n) is 13.3. The number of benzene rings is 1. The Bertz CT molecular complexity index is 2050. The van der Waals surface area contributed by atoms with Crippen molar-refractivity contribution in [1.82, 2.24) is 44.3 Å². The van der Waals surface area contributed by atoms with Gasteiger partial charge in [-0.3, -0.25) is 14.9 Å². The average Bonchev–Trinajstić information content (AvgIpc) is 3.55. The maximum absolute atomic E-state index is 13.5. The van der Waals surface area contributed by atoms with Crippen LogP contribution in [0.25, 0.3) is 22.3 Å². The molecule has 2 fully saturated rings. The number of anilines is 5. The van der Waals surface area contributed by atoms with Gasteiger partial charge in [-0.05, 0) is 67.3 Å². The molecule has 7 rings (SSSR count). The molecule has 2 aliphatic rings. The number of nitrogens with zero attached hydrogens (tertiary/aromatic N) is 10. The van der Waals surface area contributed by atoms with E-state index in [9.17, 15) is 4.57 Å². The number of aryl methyl sites for hydroxylation is 1. The number of methoxy groups -OCH3 is 1. The van der Waals surface area contributed by atoms with E-state index in [1.54, 1.807) is 45.4 Å². The number of pyridine rings is 1. The number of nitrogens with one attached hydrogen (secondary N) is 2. The predicted molar refractivity (Wildman–Crippen MR) is 202 cm³/mol. The van der Waals surface area contributed by atoms with E-state index < -0.39 is 7.14 Å². The molecule has 0 amide bonds. The Kier molecular flexibility index (Phi) is 9.75. The summed E-state index contributed by atoms with van der Waals surface area (Å²) in [5.74, 6) is 2.08. The van der Waals surface area contributed by atoms with E-state index in [2.05, 4.69) is 63.3 Å². The quantitative estimate of drug-likeness (QED) is 0.196. The Morgan fingerprint density at radius 3 is 2.38 bits per heavy atom. The Hall–Kier alpha value is -4.17. The zero-order valence-corrected chi connectivity index (χ0v) is 31.4. The number of hydrogen-bond donors (Lipinski definition) is 2. The van der Waals surface area contributed by atoms with Crippen molar-refractivity contribution in [2.45, 2.75) is 18.9 Å². The van der Waals surface area contributed by atoms with Crippen LogP contribution in [0.4, 0.5) is 29.0 Å². The maximum atomic E-state index is 13.5. The van der Waals surface area contributed by atoms with Gasteiger partial charge in [0, 0.05) is 82.7 Å². The first kappa shape index (κ1) is 34.3. The first-order valence-corrected chi connectivity index (χ1v) is 20.1. The van der Waals surface area contributed by atoms with Crippen LogP contribution in [0.1, 0.15) is 12.8 Å². The summed E-state index contributed by atoms with van der Waals surface area (Å²) in [5.41, 5.74) is 4.21. The topological polar surface area (TPSA) is 142 Å². The van der Waals surface area contributed by atoms with Crippen LogP contribution in [0.5, 0.6) is 5.88 Å². The van der Waals surface area contributed by atoms with Gasteiger partial charge in [-0.2, -0.15) is 9.97 Å². The van der Waals surface area contributed by atoms with Crippen LogP contribution in [0, 0.1) is 0 Å². The minimum absolute atomic E-state index is 0.321. The van der Waals surface area contributed by atoms with Crippen molar-refractivity contribution in [2.75, 3.05) is 82.3 Å². The van der Waals surface area contributed by atoms with Crippen molar-refractivity contribution in [3.8, 4) is 17.1 Å². The summed E-state index contributed by atoms with van der Waals surface area (Å²) < 4.78 is 21.9. The molecule has 1 aromatic carbocycles. The Morgan fingerprint density at radius 2 is 1.68 bits per heavy atom. The smallest absolute Gasteiger partial charge is 0.239 e. The van der Waals surface area contributed by atoms with E-state index in [1.165, 1.54) is 0 Å². The fourth-order valence-corrected chi connectivity index (χ4v) is 8.46. The van der Waals surface area contributed by atoms with Crippen molar-refractivity contribution in [2.24, 2.45) is 7.05 Å². The van der Waals surface area contributed by atoms with E-state index in [1.807, 2.05) is 36.0 Å². The van der Waals surface area contributed by atoms with Crippen LogP contribution in [-0.2, 0) is 11.6 Å². The molecule has 0 saturated carbocycles. The number of piperazine rings is 1. The van der Waals surface area contributed by atoms with Crippen LogP contribution in [0.3, 0.4) is 0 Å². The van der Waals surface area contributed by atoms with Crippen molar-refractivity contribution >= 4 is 68.4 Å². The van der Waals surface area contributed by atoms with E-state index >= 15 is 0 Å². The fraction of sp³-hybridized carbons (Fsp3) is 0.412. The first-order valence-electron chi connectivity index (χ1n) is 16.7. The lowest BCUT2D eigenvalue weighted by Gasteiger charge is -2.42. The molecule has 0 unspecified atom stereocenters. The first-order chi connectivity index (χ1) is 24.1. The largest absolute Gasteiger partial charge is 0.479 e. The highest BCUT2D eigenvalue weighted by molar-refractivity contribution is 9.10. The molecule has 50 heavy (non-hydrogen) atoms. The van der Waals surface area contributed by atoms with Crippen molar-refractivity contribution in [3.63, 3.8) is 0 Å². The molecular weight excluding hydrogens is 719 g/mol. The average molecular weight is 762 g/mol. The molecule has 16 heteroatoms. The van der Waals surface area contributed by atoms with Crippen LogP contribution < -0.4 is 25.6 Å². The molecule has 0 radical (unpaired) electrons. The molecule has 0 atom stereocenters. The van der Waals surface area contributed by atoms with E-state index in [4.69, 9.17) is 19.7 Å². The highest BCUT2D eigenvalue weighted by atomic mass is 79.9. The maximum Gasteiger partial charge on any atom is 0.239 e. The summed E-state index contributed by atoms with van der Waals surface area (Å²) in [6, 6.07) is 6.30. The van der Waals surface area contributed by atoms with Gasteiger partial charge in [0.05, 0.1) is 40.1 Å². The van der Waals surface area contributed by atoms with Crippen LogP contribution in [0.15, 0.2) is 53.8 Å². The van der Waals surface area contributed by atoms with Gasteiger partial charge in [-0.15, -0.1) is 0 Å². The van der Waals surface area contributed by atoms with Gasteiger partial charge in [0.2, 0.25) is 11.8 Å². The number of aromatic nitrogens is 7. The monoisotopic (exact) mass is 760 g/mol. The van der Waals surface area contributed by atoms with Gasteiger partial charge < -0.3 is 34.3 Å². The minimum Gasteiger partial charge on any atom is -0.479 e. The second-order valence-corrected chi connectivity index (χ2v) is 17.3. The molecule has 262 valence electrons. The Labute approximate surface area is 300 Å². The van der Waals surface area contributed by atoms with Crippen LogP contribution >= 0.6 is 23.1 Å². The number of hydrogen-bond acceptors (Lipinski definition) is 13. The van der Waals surface area contributed by atoms with Crippen molar-refractivity contribution in [1.29, 1.82) is 0 Å². The molecule has 0 bridgehead atoms. The lowest BCUT2D eigenvalue weighted by atomic mass is 10.0. The van der Waals surface area contributed by atoms with E-state index in [-0.39, 0.29) is 0 Å². The standard InChI is InChI=1S/C34H42BrN12O2P/c1-44-14-16-46(17-15-44)22-8-12-47(13-9-22)32-23(28-20-45(2)21-39-28)18-27(33(43-32)49-3)41-34-38-19-24(35)31(42-34)40-26-7-6-25-29(37-11-10-36-25)30(26)50(4,5)48/h6-7,10-11,18-22H,8-9,12-17H2,1-5H3,(H2,38,40,41,42). The molecule has 2 saturated heterocycles.